The van der Waals surface area contributed by atoms with Crippen LogP contribution in [0.5, 0.6) is 17.2 Å². The summed E-state index contributed by atoms with van der Waals surface area (Å²) < 4.78 is 23.6. The monoisotopic (exact) mass is 495 g/mol. The average Bonchev–Trinajstić information content (AvgIpc) is 3.36. The molecule has 3 heterocycles. The van der Waals surface area contributed by atoms with E-state index in [4.69, 9.17) is 18.6 Å². The molecule has 1 amide bonds. The Balaban J connectivity index is 1.62. The van der Waals surface area contributed by atoms with Crippen molar-refractivity contribution in [3.8, 4) is 17.2 Å². The van der Waals surface area contributed by atoms with Crippen LogP contribution in [0.15, 0.2) is 51.9 Å². The molecule has 4 rings (SSSR count). The van der Waals surface area contributed by atoms with Crippen molar-refractivity contribution in [2.75, 3.05) is 41.5 Å². The summed E-state index contributed by atoms with van der Waals surface area (Å²) >= 11 is 0. The molecule has 9 nitrogen and oxygen atoms in total. The fraction of sp³-hybridized carbons (Fsp3) is 0.407. The number of aromatic nitrogens is 1. The molecular weight excluding hydrogens is 462 g/mol. The lowest BCUT2D eigenvalue weighted by Gasteiger charge is -2.26. The van der Waals surface area contributed by atoms with Gasteiger partial charge in [0.2, 0.25) is 0 Å². The molecule has 0 saturated heterocycles. The topological polar surface area (TPSA) is 86.4 Å². The van der Waals surface area contributed by atoms with Crippen LogP contribution in [-0.2, 0) is 19.5 Å². The van der Waals surface area contributed by atoms with Crippen molar-refractivity contribution in [2.24, 2.45) is 0 Å². The molecule has 0 unspecified atom stereocenters. The SMILES string of the molecule is COc1ccc(CN2CCc3c(C(=O)N(C)[C@@H](C)c4ccco4)c(OC)cc(=O)n3CC2)c(OC)c1. The molecule has 36 heavy (non-hydrogen) atoms. The standard InChI is InChI=1S/C27H33N3O6/c1-18(22-7-6-14-36-22)28(2)27(32)26-21-10-11-29(12-13-30(21)25(31)16-24(26)35-5)17-19-8-9-20(33-3)15-23(19)34-4/h6-9,14-16,18H,10-13,17H2,1-5H3/t18-/m0/s1. The Hall–Kier alpha value is -3.72. The number of nitrogens with zero attached hydrogens (tertiary/aromatic N) is 3. The Morgan fingerprint density at radius 3 is 2.50 bits per heavy atom. The maximum absolute atomic E-state index is 13.7. The molecule has 0 aliphatic carbocycles. The van der Waals surface area contributed by atoms with Crippen molar-refractivity contribution in [3.05, 3.63) is 75.6 Å². The molecule has 192 valence electrons. The zero-order chi connectivity index (χ0) is 25.8. The third-order valence-corrected chi connectivity index (χ3v) is 6.86. The lowest BCUT2D eigenvalue weighted by Crippen LogP contribution is -2.34. The van der Waals surface area contributed by atoms with Gasteiger partial charge in [-0.25, -0.2) is 0 Å². The fourth-order valence-electron chi connectivity index (χ4n) is 4.64. The van der Waals surface area contributed by atoms with E-state index in [-0.39, 0.29) is 17.5 Å². The summed E-state index contributed by atoms with van der Waals surface area (Å²) in [6.07, 6.45) is 2.11. The van der Waals surface area contributed by atoms with Gasteiger partial charge in [0.25, 0.3) is 11.5 Å². The number of amides is 1. The van der Waals surface area contributed by atoms with E-state index in [1.54, 1.807) is 43.1 Å². The number of methoxy groups -OCH3 is 3. The molecule has 1 aliphatic rings. The Bertz CT molecular complexity index is 1270. The van der Waals surface area contributed by atoms with Gasteiger partial charge in [-0.3, -0.25) is 14.5 Å². The Morgan fingerprint density at radius 2 is 1.83 bits per heavy atom. The second-order valence-corrected chi connectivity index (χ2v) is 8.84. The van der Waals surface area contributed by atoms with E-state index in [0.29, 0.717) is 55.4 Å². The largest absolute Gasteiger partial charge is 0.497 e. The first-order valence-corrected chi connectivity index (χ1v) is 11.9. The molecule has 3 aromatic rings. The predicted octanol–water partition coefficient (Wildman–Crippen LogP) is 3.36. The third-order valence-electron chi connectivity index (χ3n) is 6.86. The minimum atomic E-state index is -0.283. The Morgan fingerprint density at radius 1 is 1.06 bits per heavy atom. The molecule has 0 radical (unpaired) electrons. The van der Waals surface area contributed by atoms with Gasteiger partial charge in [0.05, 0.1) is 33.6 Å². The minimum Gasteiger partial charge on any atom is -0.497 e. The van der Waals surface area contributed by atoms with Gasteiger partial charge >= 0.3 is 0 Å². The summed E-state index contributed by atoms with van der Waals surface area (Å²) in [7, 11) is 6.48. The Labute approximate surface area is 210 Å². The van der Waals surface area contributed by atoms with Crippen molar-refractivity contribution in [2.45, 2.75) is 32.5 Å². The predicted molar refractivity (Wildman–Crippen MR) is 135 cm³/mol. The number of hydrogen-bond donors (Lipinski definition) is 0. The van der Waals surface area contributed by atoms with E-state index in [1.165, 1.54) is 13.2 Å². The number of carbonyl (C=O) groups is 1. The van der Waals surface area contributed by atoms with Crippen LogP contribution in [-0.4, -0.2) is 61.7 Å². The molecule has 0 spiro atoms. The lowest BCUT2D eigenvalue weighted by atomic mass is 10.1. The molecule has 1 aliphatic heterocycles. The molecular formula is C27H33N3O6. The van der Waals surface area contributed by atoms with Gasteiger partial charge in [-0.05, 0) is 25.1 Å². The highest BCUT2D eigenvalue weighted by atomic mass is 16.5. The summed E-state index contributed by atoms with van der Waals surface area (Å²) in [4.78, 5) is 30.6. The van der Waals surface area contributed by atoms with Crippen molar-refractivity contribution in [1.82, 2.24) is 14.4 Å². The molecule has 9 heteroatoms. The van der Waals surface area contributed by atoms with Gasteiger partial charge in [-0.2, -0.15) is 0 Å². The molecule has 0 bridgehead atoms. The summed E-state index contributed by atoms with van der Waals surface area (Å²) in [5, 5.41) is 0. The number of ether oxygens (including phenoxy) is 3. The van der Waals surface area contributed by atoms with Crippen LogP contribution in [0.3, 0.4) is 0 Å². The molecule has 0 saturated carbocycles. The third kappa shape index (κ3) is 4.97. The molecule has 0 fully saturated rings. The van der Waals surface area contributed by atoms with Crippen LogP contribution in [0.4, 0.5) is 0 Å². The molecule has 0 N–H and O–H groups in total. The minimum absolute atomic E-state index is 0.177. The number of pyridine rings is 1. The summed E-state index contributed by atoms with van der Waals surface area (Å²) in [5.41, 5.74) is 1.95. The van der Waals surface area contributed by atoms with E-state index in [2.05, 4.69) is 4.90 Å². The maximum atomic E-state index is 13.7. The number of furan rings is 1. The number of benzene rings is 1. The lowest BCUT2D eigenvalue weighted by molar-refractivity contribution is 0.0720. The number of rotatable bonds is 8. The Kier molecular flexibility index (Phi) is 7.69. The van der Waals surface area contributed by atoms with E-state index >= 15 is 0 Å². The first-order chi connectivity index (χ1) is 17.4. The van der Waals surface area contributed by atoms with Crippen LogP contribution < -0.4 is 19.8 Å². The van der Waals surface area contributed by atoms with Crippen molar-refractivity contribution in [1.29, 1.82) is 0 Å². The van der Waals surface area contributed by atoms with Crippen LogP contribution in [0, 0.1) is 0 Å². The van der Waals surface area contributed by atoms with Gasteiger partial charge in [-0.15, -0.1) is 0 Å². The second-order valence-electron chi connectivity index (χ2n) is 8.84. The van der Waals surface area contributed by atoms with Gasteiger partial charge in [0.15, 0.2) is 0 Å². The number of hydrogen-bond acceptors (Lipinski definition) is 7. The van der Waals surface area contributed by atoms with Crippen molar-refractivity contribution >= 4 is 5.91 Å². The summed E-state index contributed by atoms with van der Waals surface area (Å²) in [5.74, 6) is 2.24. The zero-order valence-corrected chi connectivity index (χ0v) is 21.4. The summed E-state index contributed by atoms with van der Waals surface area (Å²) in [6.45, 7) is 4.33. The summed E-state index contributed by atoms with van der Waals surface area (Å²) in [6, 6.07) is 10.5. The first-order valence-electron chi connectivity index (χ1n) is 11.9. The van der Waals surface area contributed by atoms with Crippen molar-refractivity contribution in [3.63, 3.8) is 0 Å². The van der Waals surface area contributed by atoms with Gasteiger partial charge in [0.1, 0.15) is 28.6 Å². The smallest absolute Gasteiger partial charge is 0.259 e. The quantitative estimate of drug-likeness (QED) is 0.474. The van der Waals surface area contributed by atoms with Crippen LogP contribution in [0.2, 0.25) is 0 Å². The van der Waals surface area contributed by atoms with Gasteiger partial charge in [-0.1, -0.05) is 6.07 Å². The van der Waals surface area contributed by atoms with Crippen LogP contribution in [0.25, 0.3) is 0 Å². The highest BCUT2D eigenvalue weighted by Gasteiger charge is 2.30. The highest BCUT2D eigenvalue weighted by Crippen LogP contribution is 2.29. The molecule has 1 atom stereocenters. The normalized spacial score (nSPS) is 14.5. The first kappa shape index (κ1) is 25.4. The van der Waals surface area contributed by atoms with E-state index in [1.807, 2.05) is 31.2 Å². The van der Waals surface area contributed by atoms with Gasteiger partial charge < -0.3 is 28.1 Å². The van der Waals surface area contributed by atoms with Crippen LogP contribution in [0.1, 0.15) is 40.3 Å². The number of carbonyl (C=O) groups excluding carboxylic acids is 1. The molecule has 2 aromatic heterocycles. The highest BCUT2D eigenvalue weighted by molar-refractivity contribution is 5.98. The van der Waals surface area contributed by atoms with E-state index in [0.717, 1.165) is 17.1 Å². The van der Waals surface area contributed by atoms with Gasteiger partial charge in [0, 0.05) is 63.0 Å². The van der Waals surface area contributed by atoms with E-state index < -0.39 is 0 Å². The van der Waals surface area contributed by atoms with E-state index in [9.17, 15) is 9.59 Å². The maximum Gasteiger partial charge on any atom is 0.259 e. The number of fused-ring (bicyclic) bond motifs is 1. The second kappa shape index (κ2) is 10.9. The van der Waals surface area contributed by atoms with Crippen molar-refractivity contribution < 1.29 is 23.4 Å². The molecule has 1 aromatic carbocycles. The fourth-order valence-corrected chi connectivity index (χ4v) is 4.64. The zero-order valence-electron chi connectivity index (χ0n) is 21.4. The van der Waals surface area contributed by atoms with Crippen LogP contribution >= 0.6 is 0 Å². The average molecular weight is 496 g/mol.